The molecule has 0 aliphatic carbocycles. The standard InChI is InChI=1S/C19H17F2NO2/c1-2-3-4-5-13-6-8-14(9-7-13)19(23)24-15-10-17(20)16(12-22)18(21)11-15/h6-11H,2-5H2,1H3. The fourth-order valence-electron chi connectivity index (χ4n) is 2.27. The molecule has 0 saturated heterocycles. The number of esters is 1. The van der Waals surface area contributed by atoms with Crippen molar-refractivity contribution < 1.29 is 18.3 Å². The van der Waals surface area contributed by atoms with Crippen LogP contribution in [0.1, 0.15) is 47.7 Å². The van der Waals surface area contributed by atoms with E-state index in [1.54, 1.807) is 12.1 Å². The van der Waals surface area contributed by atoms with Crippen LogP contribution in [0.2, 0.25) is 0 Å². The second kappa shape index (κ2) is 8.21. The predicted molar refractivity (Wildman–Crippen MR) is 85.7 cm³/mol. The van der Waals surface area contributed by atoms with Gasteiger partial charge in [0, 0.05) is 12.1 Å². The molecule has 0 N–H and O–H groups in total. The van der Waals surface area contributed by atoms with Crippen molar-refractivity contribution >= 4 is 5.97 Å². The first-order valence-corrected chi connectivity index (χ1v) is 7.75. The molecule has 0 unspecified atom stereocenters. The molecule has 0 atom stereocenters. The lowest BCUT2D eigenvalue weighted by Crippen LogP contribution is -2.09. The number of ether oxygens (including phenoxy) is 1. The molecule has 0 aliphatic rings. The van der Waals surface area contributed by atoms with E-state index in [1.807, 2.05) is 12.1 Å². The number of hydrogen-bond acceptors (Lipinski definition) is 3. The normalized spacial score (nSPS) is 10.2. The molecular weight excluding hydrogens is 312 g/mol. The molecule has 0 bridgehead atoms. The average Bonchev–Trinajstić information content (AvgIpc) is 2.55. The van der Waals surface area contributed by atoms with Crippen molar-refractivity contribution in [2.75, 3.05) is 0 Å². The summed E-state index contributed by atoms with van der Waals surface area (Å²) in [7, 11) is 0. The van der Waals surface area contributed by atoms with E-state index in [0.717, 1.165) is 43.4 Å². The first-order chi connectivity index (χ1) is 11.5. The molecule has 3 nitrogen and oxygen atoms in total. The maximum atomic E-state index is 13.5. The lowest BCUT2D eigenvalue weighted by molar-refractivity contribution is 0.0734. The highest BCUT2D eigenvalue weighted by Gasteiger charge is 2.14. The molecular formula is C19H17F2NO2. The molecule has 0 aromatic heterocycles. The van der Waals surface area contributed by atoms with E-state index in [1.165, 1.54) is 6.07 Å². The Morgan fingerprint density at radius 1 is 1.12 bits per heavy atom. The van der Waals surface area contributed by atoms with Gasteiger partial charge in [-0.15, -0.1) is 0 Å². The van der Waals surface area contributed by atoms with Crippen molar-refractivity contribution in [2.24, 2.45) is 0 Å². The number of hydrogen-bond donors (Lipinski definition) is 0. The van der Waals surface area contributed by atoms with Crippen LogP contribution in [0.3, 0.4) is 0 Å². The van der Waals surface area contributed by atoms with Gasteiger partial charge in [0.25, 0.3) is 0 Å². The number of halogens is 2. The third-order valence-electron chi connectivity index (χ3n) is 3.60. The Kier molecular flexibility index (Phi) is 6.02. The summed E-state index contributed by atoms with van der Waals surface area (Å²) in [6.07, 6.45) is 4.32. The zero-order chi connectivity index (χ0) is 17.5. The van der Waals surface area contributed by atoms with Crippen LogP contribution in [-0.4, -0.2) is 5.97 Å². The number of carbonyl (C=O) groups excluding carboxylic acids is 1. The predicted octanol–water partition coefficient (Wildman–Crippen LogP) is 4.79. The van der Waals surface area contributed by atoms with Crippen molar-refractivity contribution in [2.45, 2.75) is 32.6 Å². The van der Waals surface area contributed by atoms with E-state index < -0.39 is 23.2 Å². The van der Waals surface area contributed by atoms with Crippen LogP contribution in [0.25, 0.3) is 0 Å². The highest BCUT2D eigenvalue weighted by Crippen LogP contribution is 2.21. The second-order valence-corrected chi connectivity index (χ2v) is 5.42. The van der Waals surface area contributed by atoms with E-state index in [2.05, 4.69) is 6.92 Å². The van der Waals surface area contributed by atoms with Crippen LogP contribution in [-0.2, 0) is 6.42 Å². The van der Waals surface area contributed by atoms with E-state index in [4.69, 9.17) is 10.00 Å². The zero-order valence-electron chi connectivity index (χ0n) is 13.3. The van der Waals surface area contributed by atoms with Crippen LogP contribution in [0.15, 0.2) is 36.4 Å². The third-order valence-corrected chi connectivity index (χ3v) is 3.60. The number of rotatable bonds is 6. The highest BCUT2D eigenvalue weighted by atomic mass is 19.1. The van der Waals surface area contributed by atoms with Crippen molar-refractivity contribution in [3.63, 3.8) is 0 Å². The summed E-state index contributed by atoms with van der Waals surface area (Å²) in [5.41, 5.74) is 0.709. The van der Waals surface area contributed by atoms with Crippen LogP contribution >= 0.6 is 0 Å². The molecule has 124 valence electrons. The van der Waals surface area contributed by atoms with Gasteiger partial charge < -0.3 is 4.74 Å². The molecule has 2 rings (SSSR count). The first kappa shape index (κ1) is 17.6. The Morgan fingerprint density at radius 3 is 2.29 bits per heavy atom. The number of aryl methyl sites for hydroxylation is 1. The van der Waals surface area contributed by atoms with Crippen LogP contribution in [0, 0.1) is 23.0 Å². The Balaban J connectivity index is 2.06. The summed E-state index contributed by atoms with van der Waals surface area (Å²) >= 11 is 0. The maximum absolute atomic E-state index is 13.5. The molecule has 2 aromatic carbocycles. The number of nitrogens with zero attached hydrogens (tertiary/aromatic N) is 1. The summed E-state index contributed by atoms with van der Waals surface area (Å²) in [5, 5.41) is 8.62. The van der Waals surface area contributed by atoms with Gasteiger partial charge in [-0.05, 0) is 30.5 Å². The number of unbranched alkanes of at least 4 members (excludes halogenated alkanes) is 2. The molecule has 2 aromatic rings. The molecule has 0 aliphatic heterocycles. The maximum Gasteiger partial charge on any atom is 0.343 e. The lowest BCUT2D eigenvalue weighted by Gasteiger charge is -2.07. The highest BCUT2D eigenvalue weighted by molar-refractivity contribution is 5.91. The molecule has 0 saturated carbocycles. The van der Waals surface area contributed by atoms with E-state index in [0.29, 0.717) is 5.56 Å². The molecule has 0 heterocycles. The van der Waals surface area contributed by atoms with Crippen molar-refractivity contribution in [1.29, 1.82) is 5.26 Å². The molecule has 24 heavy (non-hydrogen) atoms. The third kappa shape index (κ3) is 4.39. The van der Waals surface area contributed by atoms with Gasteiger partial charge in [0.15, 0.2) is 0 Å². The second-order valence-electron chi connectivity index (χ2n) is 5.42. The SMILES string of the molecule is CCCCCc1ccc(C(=O)Oc2cc(F)c(C#N)c(F)c2)cc1. The summed E-state index contributed by atoms with van der Waals surface area (Å²) < 4.78 is 32.0. The van der Waals surface area contributed by atoms with Crippen LogP contribution in [0.5, 0.6) is 5.75 Å². The van der Waals surface area contributed by atoms with Crippen LogP contribution in [0.4, 0.5) is 8.78 Å². The van der Waals surface area contributed by atoms with Gasteiger partial charge in [-0.3, -0.25) is 0 Å². The Hall–Kier alpha value is -2.74. The minimum Gasteiger partial charge on any atom is -0.423 e. The van der Waals surface area contributed by atoms with E-state index in [9.17, 15) is 13.6 Å². The van der Waals surface area contributed by atoms with Gasteiger partial charge in [0.1, 0.15) is 29.0 Å². The first-order valence-electron chi connectivity index (χ1n) is 7.75. The minimum atomic E-state index is -1.06. The van der Waals surface area contributed by atoms with Crippen LogP contribution < -0.4 is 4.74 Å². The van der Waals surface area contributed by atoms with Gasteiger partial charge in [0.05, 0.1) is 5.56 Å². The fourth-order valence-corrected chi connectivity index (χ4v) is 2.27. The largest absolute Gasteiger partial charge is 0.423 e. The van der Waals surface area contributed by atoms with Gasteiger partial charge in [-0.1, -0.05) is 31.9 Å². The van der Waals surface area contributed by atoms with Gasteiger partial charge in [-0.25, -0.2) is 13.6 Å². The van der Waals surface area contributed by atoms with Crippen molar-refractivity contribution in [3.05, 3.63) is 64.7 Å². The number of nitriles is 1. The summed E-state index contributed by atoms with van der Waals surface area (Å²) in [5.74, 6) is -3.11. The van der Waals surface area contributed by atoms with E-state index >= 15 is 0 Å². The topological polar surface area (TPSA) is 50.1 Å². The number of benzene rings is 2. The van der Waals surface area contributed by atoms with Crippen molar-refractivity contribution in [3.8, 4) is 11.8 Å². The quantitative estimate of drug-likeness (QED) is 0.435. The Bertz CT molecular complexity index is 741. The molecule has 0 spiro atoms. The number of carbonyl (C=O) groups is 1. The molecule has 5 heteroatoms. The monoisotopic (exact) mass is 329 g/mol. The van der Waals surface area contributed by atoms with Crippen molar-refractivity contribution in [1.82, 2.24) is 0 Å². The fraction of sp³-hybridized carbons (Fsp3) is 0.263. The summed E-state index contributed by atoms with van der Waals surface area (Å²) in [6.45, 7) is 2.13. The average molecular weight is 329 g/mol. The summed E-state index contributed by atoms with van der Waals surface area (Å²) in [6, 6.07) is 9.98. The summed E-state index contributed by atoms with van der Waals surface area (Å²) in [4.78, 5) is 12.0. The van der Waals surface area contributed by atoms with E-state index in [-0.39, 0.29) is 5.75 Å². The molecule has 0 amide bonds. The Morgan fingerprint density at radius 2 is 1.75 bits per heavy atom. The van der Waals surface area contributed by atoms with Gasteiger partial charge in [-0.2, -0.15) is 5.26 Å². The minimum absolute atomic E-state index is 0.277. The van der Waals surface area contributed by atoms with Gasteiger partial charge >= 0.3 is 5.97 Å². The zero-order valence-corrected chi connectivity index (χ0v) is 13.3. The van der Waals surface area contributed by atoms with Gasteiger partial charge in [0.2, 0.25) is 0 Å². The Labute approximate surface area is 139 Å². The molecule has 0 radical (unpaired) electrons. The lowest BCUT2D eigenvalue weighted by atomic mass is 10.1. The molecule has 0 fully saturated rings. The smallest absolute Gasteiger partial charge is 0.343 e.